The third-order valence-electron chi connectivity index (χ3n) is 6.61. The van der Waals surface area contributed by atoms with Crippen molar-refractivity contribution in [2.45, 2.75) is 130 Å². The average molecular weight is 562 g/mol. The first-order valence-electron chi connectivity index (χ1n) is 14.6. The number of benzene rings is 1. The van der Waals surface area contributed by atoms with Crippen LogP contribution in [0.3, 0.4) is 0 Å². The molecule has 1 aromatic carbocycles. The van der Waals surface area contributed by atoms with Crippen molar-refractivity contribution >= 4 is 23.8 Å². The van der Waals surface area contributed by atoms with Gasteiger partial charge in [-0.1, -0.05) is 89.6 Å². The largest absolute Gasteiger partial charge is 0.459 e. The first kappa shape index (κ1) is 35.2. The molecule has 0 spiro atoms. The van der Waals surface area contributed by atoms with Crippen LogP contribution in [-0.2, 0) is 35.3 Å². The lowest BCUT2D eigenvalue weighted by Gasteiger charge is -2.32. The molecule has 1 aromatic rings. The zero-order valence-corrected chi connectivity index (χ0v) is 25.3. The maximum Gasteiger partial charge on any atom is 0.341 e. The Kier molecular flexibility index (Phi) is 15.7. The number of rotatable bonds is 17. The number of unbranched alkanes of at least 4 members (excludes halogenated alkanes) is 4. The first-order chi connectivity index (χ1) is 18.8. The number of carbonyl (C=O) groups excluding carboxylic acids is 4. The monoisotopic (exact) mass is 561 g/mol. The molecule has 9 nitrogen and oxygen atoms in total. The van der Waals surface area contributed by atoms with E-state index in [4.69, 9.17) is 20.9 Å². The van der Waals surface area contributed by atoms with Gasteiger partial charge in [-0.2, -0.15) is 0 Å². The van der Waals surface area contributed by atoms with Gasteiger partial charge in [0.05, 0.1) is 0 Å². The van der Waals surface area contributed by atoms with Crippen molar-refractivity contribution in [1.82, 2.24) is 4.90 Å². The minimum absolute atomic E-state index is 0.136. The third-order valence-corrected chi connectivity index (χ3v) is 6.61. The minimum Gasteiger partial charge on any atom is -0.459 e. The molecule has 0 aliphatic carbocycles. The predicted molar refractivity (Wildman–Crippen MR) is 156 cm³/mol. The van der Waals surface area contributed by atoms with E-state index in [9.17, 15) is 19.2 Å². The fraction of sp³-hybridized carbons (Fsp3) is 0.677. The van der Waals surface area contributed by atoms with Gasteiger partial charge >= 0.3 is 11.9 Å². The number of ether oxygens (including phenoxy) is 2. The van der Waals surface area contributed by atoms with E-state index in [0.29, 0.717) is 18.4 Å². The van der Waals surface area contributed by atoms with Gasteiger partial charge in [0.1, 0.15) is 12.2 Å². The highest BCUT2D eigenvalue weighted by Crippen LogP contribution is 2.21. The molecule has 226 valence electrons. The van der Waals surface area contributed by atoms with Crippen LogP contribution in [0.15, 0.2) is 30.3 Å². The van der Waals surface area contributed by atoms with E-state index in [1.165, 1.54) is 0 Å². The zero-order valence-electron chi connectivity index (χ0n) is 25.3. The quantitative estimate of drug-likeness (QED) is 0.159. The van der Waals surface area contributed by atoms with Crippen LogP contribution in [0, 0.1) is 5.92 Å². The van der Waals surface area contributed by atoms with Gasteiger partial charge in [0, 0.05) is 24.4 Å². The molecule has 2 amide bonds. The Balaban J connectivity index is 3.37. The number of hydrogen-bond acceptors (Lipinski definition) is 8. The Labute approximate surface area is 240 Å². The first-order valence-corrected chi connectivity index (χ1v) is 14.6. The Morgan fingerprint density at radius 1 is 0.850 bits per heavy atom. The highest BCUT2D eigenvalue weighted by Gasteiger charge is 2.45. The smallest absolute Gasteiger partial charge is 0.341 e. The fourth-order valence-electron chi connectivity index (χ4n) is 4.21. The lowest BCUT2D eigenvalue weighted by molar-refractivity contribution is -0.179. The molecule has 0 saturated heterocycles. The van der Waals surface area contributed by atoms with Gasteiger partial charge < -0.3 is 20.9 Å². The second-order valence-corrected chi connectivity index (χ2v) is 11.6. The van der Waals surface area contributed by atoms with Crippen LogP contribution in [0.5, 0.6) is 0 Å². The third kappa shape index (κ3) is 12.6. The average Bonchev–Trinajstić information content (AvgIpc) is 2.90. The van der Waals surface area contributed by atoms with Crippen LogP contribution in [0.1, 0.15) is 105 Å². The topological polar surface area (TPSA) is 142 Å². The number of nitrogens with two attached hydrogens (primary N) is 2. The van der Waals surface area contributed by atoms with Gasteiger partial charge in [0.15, 0.2) is 0 Å². The molecule has 0 radical (unpaired) electrons. The summed E-state index contributed by atoms with van der Waals surface area (Å²) in [5, 5.41) is 0. The molecule has 1 unspecified atom stereocenters. The van der Waals surface area contributed by atoms with E-state index in [1.54, 1.807) is 52.0 Å². The van der Waals surface area contributed by atoms with Crippen LogP contribution < -0.4 is 11.5 Å². The molecule has 0 aliphatic rings. The molecule has 0 aliphatic heterocycles. The second-order valence-electron chi connectivity index (χ2n) is 11.6. The summed E-state index contributed by atoms with van der Waals surface area (Å²) in [5.74, 6) is -4.07. The molecular weight excluding hydrogens is 510 g/mol. The van der Waals surface area contributed by atoms with Crippen molar-refractivity contribution in [3.05, 3.63) is 35.9 Å². The van der Waals surface area contributed by atoms with Crippen molar-refractivity contribution in [1.29, 1.82) is 0 Å². The highest BCUT2D eigenvalue weighted by atomic mass is 16.6. The summed E-state index contributed by atoms with van der Waals surface area (Å²) in [6.45, 7) is 10.6. The number of esters is 2. The molecule has 40 heavy (non-hydrogen) atoms. The van der Waals surface area contributed by atoms with Gasteiger partial charge in [-0.15, -0.1) is 0 Å². The summed E-state index contributed by atoms with van der Waals surface area (Å²) in [6, 6.07) is 5.79. The molecule has 9 heteroatoms. The molecule has 0 fully saturated rings. The number of hydrogen-bond donors (Lipinski definition) is 2. The van der Waals surface area contributed by atoms with E-state index in [2.05, 4.69) is 6.92 Å². The van der Waals surface area contributed by atoms with E-state index in [0.717, 1.165) is 43.4 Å². The zero-order chi connectivity index (χ0) is 30.3. The Morgan fingerprint density at radius 3 is 2.05 bits per heavy atom. The number of carbonyl (C=O) groups is 4. The van der Waals surface area contributed by atoms with Gasteiger partial charge in [0.2, 0.25) is 17.9 Å². The van der Waals surface area contributed by atoms with Crippen LogP contribution in [0.2, 0.25) is 0 Å². The van der Waals surface area contributed by atoms with Crippen molar-refractivity contribution in [3.63, 3.8) is 0 Å². The standard InChI is InChI=1S/C31H51N3O6/c1-7-9-11-13-16-22(3)28(36)34(26(35)20-25(33)24(32)19-10-8-2)27(30(38)40-31(4,5)6)29(37)39-21-23-17-14-12-15-18-23/h12,14-15,17-18,22,24-25,27H,7-11,13,16,19-21,32-33H2,1-6H3/t22?,24-,25-,27+/m0/s1. The summed E-state index contributed by atoms with van der Waals surface area (Å²) >= 11 is 0. The number of nitrogens with zero attached hydrogens (tertiary/aromatic N) is 1. The van der Waals surface area contributed by atoms with E-state index in [-0.39, 0.29) is 13.0 Å². The molecule has 0 bridgehead atoms. The van der Waals surface area contributed by atoms with Gasteiger partial charge in [-0.05, 0) is 39.2 Å². The molecule has 0 saturated carbocycles. The summed E-state index contributed by atoms with van der Waals surface area (Å²) < 4.78 is 11.0. The van der Waals surface area contributed by atoms with Gasteiger partial charge in [0.25, 0.3) is 0 Å². The van der Waals surface area contributed by atoms with E-state index in [1.807, 2.05) is 13.0 Å². The lowest BCUT2D eigenvalue weighted by Crippen LogP contribution is -2.57. The SMILES string of the molecule is CCCCCCC(C)C(=O)N(C(=O)C[C@H](N)[C@@H](N)CCCC)[C@H](C(=O)OCc1ccccc1)C(=O)OC(C)(C)C. The molecule has 1 rings (SSSR count). The van der Waals surface area contributed by atoms with Crippen LogP contribution >= 0.6 is 0 Å². The lowest BCUT2D eigenvalue weighted by atomic mass is 9.97. The normalized spacial score (nSPS) is 14.5. The predicted octanol–water partition coefficient (Wildman–Crippen LogP) is 4.64. The Morgan fingerprint density at radius 2 is 1.48 bits per heavy atom. The highest BCUT2D eigenvalue weighted by molar-refractivity contribution is 6.09. The molecular formula is C31H51N3O6. The van der Waals surface area contributed by atoms with Crippen molar-refractivity contribution in [2.75, 3.05) is 0 Å². The summed E-state index contributed by atoms with van der Waals surface area (Å²) in [4.78, 5) is 55.1. The molecule has 4 N–H and O–H groups in total. The van der Waals surface area contributed by atoms with Crippen molar-refractivity contribution in [3.8, 4) is 0 Å². The van der Waals surface area contributed by atoms with Crippen molar-refractivity contribution in [2.24, 2.45) is 17.4 Å². The second kappa shape index (κ2) is 17.8. The minimum atomic E-state index is -1.90. The summed E-state index contributed by atoms with van der Waals surface area (Å²) in [5.41, 5.74) is 12.2. The summed E-state index contributed by atoms with van der Waals surface area (Å²) in [6.07, 6.45) is 6.36. The Bertz CT molecular complexity index is 931. The number of imide groups is 1. The van der Waals surface area contributed by atoms with Crippen molar-refractivity contribution < 1.29 is 28.7 Å². The number of amides is 2. The van der Waals surface area contributed by atoms with Crippen LogP contribution in [-0.4, -0.2) is 52.4 Å². The van der Waals surface area contributed by atoms with E-state index >= 15 is 0 Å². The maximum atomic E-state index is 13.8. The fourth-order valence-corrected chi connectivity index (χ4v) is 4.21. The van der Waals surface area contributed by atoms with Gasteiger partial charge in [-0.3, -0.25) is 14.5 Å². The van der Waals surface area contributed by atoms with Crippen LogP contribution in [0.25, 0.3) is 0 Å². The van der Waals surface area contributed by atoms with Gasteiger partial charge in [-0.25, -0.2) is 9.59 Å². The molecule has 4 atom stereocenters. The molecule has 0 aromatic heterocycles. The summed E-state index contributed by atoms with van der Waals surface area (Å²) in [7, 11) is 0. The van der Waals surface area contributed by atoms with E-state index < -0.39 is 53.4 Å². The maximum absolute atomic E-state index is 13.8. The Hall–Kier alpha value is -2.78. The molecule has 0 heterocycles. The van der Waals surface area contributed by atoms with Crippen LogP contribution in [0.4, 0.5) is 0 Å².